The van der Waals surface area contributed by atoms with Crippen LogP contribution in [0.5, 0.6) is 11.5 Å². The molecule has 1 atom stereocenters. The molecule has 0 spiro atoms. The topological polar surface area (TPSA) is 100 Å². The van der Waals surface area contributed by atoms with Crippen molar-refractivity contribution >= 4 is 24.0 Å². The van der Waals surface area contributed by atoms with E-state index in [4.69, 9.17) is 14.2 Å². The summed E-state index contributed by atoms with van der Waals surface area (Å²) in [4.78, 5) is 34.4. The van der Waals surface area contributed by atoms with Gasteiger partial charge in [-0.3, -0.25) is 10.1 Å². The van der Waals surface area contributed by atoms with Crippen LogP contribution in [0.1, 0.15) is 26.3 Å². The molecule has 1 aromatic rings. The molecule has 0 fully saturated rings. The summed E-state index contributed by atoms with van der Waals surface area (Å²) in [6.07, 6.45) is 0.621. The number of carbonyl (C=O) groups excluding carboxylic acids is 3. The highest BCUT2D eigenvalue weighted by Crippen LogP contribution is 2.29. The first-order valence-corrected chi connectivity index (χ1v) is 8.08. The molecule has 1 aromatic carbocycles. The minimum atomic E-state index is -1.15. The average Bonchev–Trinajstić information content (AvgIpc) is 2.62. The Kier molecular flexibility index (Phi) is 8.69. The number of nitrogens with one attached hydrogen (secondary N) is 1. The van der Waals surface area contributed by atoms with Gasteiger partial charge in [0.1, 0.15) is 0 Å². The van der Waals surface area contributed by atoms with E-state index in [1.165, 1.54) is 19.1 Å². The Morgan fingerprint density at radius 2 is 1.77 bits per heavy atom. The van der Waals surface area contributed by atoms with Crippen molar-refractivity contribution in [2.24, 2.45) is 0 Å². The highest BCUT2D eigenvalue weighted by atomic mass is 16.6. The molecule has 0 radical (unpaired) electrons. The predicted octanol–water partition coefficient (Wildman–Crippen LogP) is 2.31. The van der Waals surface area contributed by atoms with Gasteiger partial charge in [-0.1, -0.05) is 6.07 Å². The van der Waals surface area contributed by atoms with Gasteiger partial charge in [0.25, 0.3) is 5.91 Å². The summed E-state index contributed by atoms with van der Waals surface area (Å²) in [5.74, 6) is -0.333. The monoisotopic (exact) mass is 365 g/mol. The lowest BCUT2D eigenvalue weighted by Gasteiger charge is -2.11. The van der Waals surface area contributed by atoms with Gasteiger partial charge in [-0.25, -0.2) is 9.59 Å². The highest BCUT2D eigenvalue weighted by molar-refractivity contribution is 5.96. The number of hydrogen-bond acceptors (Lipinski definition) is 7. The van der Waals surface area contributed by atoms with Crippen LogP contribution in [0.15, 0.2) is 24.3 Å². The van der Waals surface area contributed by atoms with Gasteiger partial charge < -0.3 is 18.9 Å². The zero-order chi connectivity index (χ0) is 19.5. The molecule has 0 saturated carbocycles. The normalized spacial score (nSPS) is 11.5. The first kappa shape index (κ1) is 21.0. The number of imide groups is 1. The Hall–Kier alpha value is -3.03. The SMILES string of the molecule is CCOc1ccc(/C=C/C(=O)O[C@H](C)C(=O)NC(=O)OC)cc1OCC. The molecule has 26 heavy (non-hydrogen) atoms. The average molecular weight is 365 g/mol. The summed E-state index contributed by atoms with van der Waals surface area (Å²) < 4.78 is 20.2. The van der Waals surface area contributed by atoms with Crippen LogP contribution in [0, 0.1) is 0 Å². The standard InChI is InChI=1S/C18H23NO7/c1-5-24-14-9-7-13(11-15(14)25-6-2)8-10-16(20)26-12(3)17(21)19-18(22)23-4/h7-12H,5-6H2,1-4H3,(H,19,21,22)/b10-8+/t12-/m1/s1. The molecule has 0 saturated heterocycles. The van der Waals surface area contributed by atoms with Crippen LogP contribution >= 0.6 is 0 Å². The molecule has 8 heteroatoms. The number of carbonyl (C=O) groups is 3. The summed E-state index contributed by atoms with van der Waals surface area (Å²) in [5, 5.41) is 1.92. The summed E-state index contributed by atoms with van der Waals surface area (Å²) in [6.45, 7) is 6.05. The molecular weight excluding hydrogens is 342 g/mol. The van der Waals surface area contributed by atoms with Crippen molar-refractivity contribution in [3.8, 4) is 11.5 Å². The van der Waals surface area contributed by atoms with Gasteiger partial charge in [0.15, 0.2) is 17.6 Å². The molecule has 0 aliphatic carbocycles. The number of esters is 1. The molecule has 0 aliphatic rings. The first-order valence-electron chi connectivity index (χ1n) is 8.08. The van der Waals surface area contributed by atoms with Crippen LogP contribution in [-0.2, 0) is 19.1 Å². The maximum atomic E-state index is 11.8. The summed E-state index contributed by atoms with van der Waals surface area (Å²) >= 11 is 0. The molecule has 0 bridgehead atoms. The van der Waals surface area contributed by atoms with E-state index in [-0.39, 0.29) is 0 Å². The second-order valence-electron chi connectivity index (χ2n) is 4.97. The third-order valence-electron chi connectivity index (χ3n) is 3.05. The van der Waals surface area contributed by atoms with Crippen molar-refractivity contribution in [1.82, 2.24) is 5.32 Å². The molecule has 0 heterocycles. The van der Waals surface area contributed by atoms with E-state index in [0.717, 1.165) is 7.11 Å². The van der Waals surface area contributed by atoms with E-state index in [1.807, 2.05) is 19.2 Å². The number of rotatable bonds is 8. The number of alkyl carbamates (subject to hydrolysis) is 1. The van der Waals surface area contributed by atoms with Gasteiger partial charge in [-0.15, -0.1) is 0 Å². The van der Waals surface area contributed by atoms with E-state index in [9.17, 15) is 14.4 Å². The maximum absolute atomic E-state index is 11.8. The fourth-order valence-corrected chi connectivity index (χ4v) is 1.86. The van der Waals surface area contributed by atoms with Crippen LogP contribution in [-0.4, -0.2) is 44.4 Å². The second-order valence-corrected chi connectivity index (χ2v) is 4.97. The number of hydrogen-bond donors (Lipinski definition) is 1. The Labute approximate surface area is 152 Å². The number of methoxy groups -OCH3 is 1. The predicted molar refractivity (Wildman–Crippen MR) is 93.9 cm³/mol. The van der Waals surface area contributed by atoms with Crippen molar-refractivity contribution in [2.45, 2.75) is 26.9 Å². The number of ether oxygens (including phenoxy) is 4. The third-order valence-corrected chi connectivity index (χ3v) is 3.05. The van der Waals surface area contributed by atoms with Crippen molar-refractivity contribution in [3.05, 3.63) is 29.8 Å². The molecule has 1 N–H and O–H groups in total. The van der Waals surface area contributed by atoms with Crippen LogP contribution in [0.25, 0.3) is 6.08 Å². The fraction of sp³-hybridized carbons (Fsp3) is 0.389. The molecule has 0 aliphatic heterocycles. The lowest BCUT2D eigenvalue weighted by Crippen LogP contribution is -2.39. The minimum Gasteiger partial charge on any atom is -0.490 e. The molecule has 8 nitrogen and oxygen atoms in total. The smallest absolute Gasteiger partial charge is 0.413 e. The Balaban J connectivity index is 2.71. The largest absolute Gasteiger partial charge is 0.490 e. The van der Waals surface area contributed by atoms with E-state index in [1.54, 1.807) is 18.2 Å². The van der Waals surface area contributed by atoms with Crippen LogP contribution < -0.4 is 14.8 Å². The van der Waals surface area contributed by atoms with Crippen LogP contribution in [0.3, 0.4) is 0 Å². The number of amides is 2. The van der Waals surface area contributed by atoms with Crippen molar-refractivity contribution in [1.29, 1.82) is 0 Å². The van der Waals surface area contributed by atoms with Gasteiger partial charge in [0.2, 0.25) is 0 Å². The van der Waals surface area contributed by atoms with E-state index >= 15 is 0 Å². The van der Waals surface area contributed by atoms with Crippen molar-refractivity contribution in [2.75, 3.05) is 20.3 Å². The second kappa shape index (κ2) is 10.8. The lowest BCUT2D eigenvalue weighted by molar-refractivity contribution is -0.149. The van der Waals surface area contributed by atoms with Crippen LogP contribution in [0.4, 0.5) is 4.79 Å². The third kappa shape index (κ3) is 6.84. The molecule has 0 aromatic heterocycles. The Morgan fingerprint density at radius 3 is 2.38 bits per heavy atom. The van der Waals surface area contributed by atoms with Gasteiger partial charge in [0.05, 0.1) is 20.3 Å². The Morgan fingerprint density at radius 1 is 1.12 bits per heavy atom. The molecule has 1 rings (SSSR count). The van der Waals surface area contributed by atoms with Gasteiger partial charge in [0, 0.05) is 6.08 Å². The maximum Gasteiger partial charge on any atom is 0.413 e. The zero-order valence-electron chi connectivity index (χ0n) is 15.2. The molecule has 2 amide bonds. The van der Waals surface area contributed by atoms with E-state index in [0.29, 0.717) is 30.3 Å². The van der Waals surface area contributed by atoms with E-state index < -0.39 is 24.1 Å². The highest BCUT2D eigenvalue weighted by Gasteiger charge is 2.19. The Bertz CT molecular complexity index is 670. The van der Waals surface area contributed by atoms with Crippen molar-refractivity contribution < 1.29 is 33.3 Å². The van der Waals surface area contributed by atoms with Crippen molar-refractivity contribution in [3.63, 3.8) is 0 Å². The van der Waals surface area contributed by atoms with Gasteiger partial charge in [-0.2, -0.15) is 0 Å². The molecule has 0 unspecified atom stereocenters. The summed E-state index contributed by atoms with van der Waals surface area (Å²) in [6, 6.07) is 5.22. The van der Waals surface area contributed by atoms with Gasteiger partial charge in [-0.05, 0) is 44.5 Å². The first-order chi connectivity index (χ1) is 12.4. The molecular formula is C18H23NO7. The minimum absolute atomic E-state index is 0.474. The molecule has 142 valence electrons. The van der Waals surface area contributed by atoms with Crippen LogP contribution in [0.2, 0.25) is 0 Å². The lowest BCUT2D eigenvalue weighted by atomic mass is 10.2. The summed E-state index contributed by atoms with van der Waals surface area (Å²) in [7, 11) is 1.12. The fourth-order valence-electron chi connectivity index (χ4n) is 1.86. The zero-order valence-corrected chi connectivity index (χ0v) is 15.2. The number of benzene rings is 1. The summed E-state index contributed by atoms with van der Waals surface area (Å²) in [5.41, 5.74) is 0.695. The van der Waals surface area contributed by atoms with Gasteiger partial charge >= 0.3 is 12.1 Å². The van der Waals surface area contributed by atoms with E-state index in [2.05, 4.69) is 4.74 Å². The quantitative estimate of drug-likeness (QED) is 0.557.